The summed E-state index contributed by atoms with van der Waals surface area (Å²) in [4.78, 5) is 23.2. The summed E-state index contributed by atoms with van der Waals surface area (Å²) in [7, 11) is 0. The molecule has 2 aromatic rings. The van der Waals surface area contributed by atoms with Crippen LogP contribution in [0.1, 0.15) is 34.8 Å². The van der Waals surface area contributed by atoms with Crippen molar-refractivity contribution in [2.75, 3.05) is 6.61 Å². The van der Waals surface area contributed by atoms with E-state index in [2.05, 4.69) is 5.32 Å². The Hall–Kier alpha value is -2.82. The second-order valence-corrected chi connectivity index (χ2v) is 5.28. The average Bonchev–Trinajstić information content (AvgIpc) is 2.59. The van der Waals surface area contributed by atoms with E-state index in [1.54, 1.807) is 24.3 Å². The lowest BCUT2D eigenvalue weighted by molar-refractivity contribution is -0.121. The molecule has 0 atom stereocenters. The van der Waals surface area contributed by atoms with Gasteiger partial charge >= 0.3 is 5.97 Å². The second kappa shape index (κ2) is 8.72. The van der Waals surface area contributed by atoms with Crippen molar-refractivity contribution in [2.24, 2.45) is 0 Å². The van der Waals surface area contributed by atoms with Crippen LogP contribution < -0.4 is 10.1 Å². The van der Waals surface area contributed by atoms with E-state index in [0.717, 1.165) is 11.3 Å². The minimum atomic E-state index is -0.975. The number of aromatic carboxylic acids is 1. The van der Waals surface area contributed by atoms with Crippen LogP contribution >= 0.6 is 0 Å². The Balaban J connectivity index is 1.90. The number of aryl methyl sites for hydroxylation is 1. The van der Waals surface area contributed by atoms with Gasteiger partial charge in [-0.15, -0.1) is 0 Å². The van der Waals surface area contributed by atoms with Gasteiger partial charge in [-0.05, 0) is 31.0 Å². The molecule has 0 aliphatic rings. The van der Waals surface area contributed by atoms with Gasteiger partial charge in [-0.1, -0.05) is 36.4 Å². The van der Waals surface area contributed by atoms with Gasteiger partial charge in [0.25, 0.3) is 0 Å². The van der Waals surface area contributed by atoms with Crippen molar-refractivity contribution >= 4 is 11.9 Å². The Morgan fingerprint density at radius 3 is 2.42 bits per heavy atom. The maximum absolute atomic E-state index is 12.0. The Bertz CT molecular complexity index is 712. The molecule has 0 radical (unpaired) electrons. The first-order chi connectivity index (χ1) is 11.6. The molecule has 0 fully saturated rings. The van der Waals surface area contributed by atoms with E-state index in [1.807, 2.05) is 31.2 Å². The lowest BCUT2D eigenvalue weighted by atomic mass is 10.0. The third-order valence-corrected chi connectivity index (χ3v) is 3.62. The molecule has 24 heavy (non-hydrogen) atoms. The van der Waals surface area contributed by atoms with Crippen LogP contribution in [0.25, 0.3) is 0 Å². The Kier molecular flexibility index (Phi) is 6.37. The quantitative estimate of drug-likeness (QED) is 0.781. The van der Waals surface area contributed by atoms with E-state index in [0.29, 0.717) is 25.1 Å². The zero-order valence-corrected chi connectivity index (χ0v) is 13.6. The third-order valence-electron chi connectivity index (χ3n) is 3.62. The number of carbonyl (C=O) groups excluding carboxylic acids is 1. The molecule has 2 rings (SSSR count). The molecular formula is C19H21NO4. The third kappa shape index (κ3) is 4.84. The number of para-hydroxylation sites is 1. The first kappa shape index (κ1) is 17.5. The maximum atomic E-state index is 12.0. The van der Waals surface area contributed by atoms with Gasteiger partial charge in [0.2, 0.25) is 5.91 Å². The molecule has 2 N–H and O–H groups in total. The molecular weight excluding hydrogens is 306 g/mol. The summed E-state index contributed by atoms with van der Waals surface area (Å²) in [6, 6.07) is 14.3. The molecule has 0 bridgehead atoms. The number of carboxylic acid groups (broad SMARTS) is 1. The second-order valence-electron chi connectivity index (χ2n) is 5.28. The van der Waals surface area contributed by atoms with Gasteiger partial charge in [0.15, 0.2) is 0 Å². The van der Waals surface area contributed by atoms with Crippen LogP contribution in [0.4, 0.5) is 0 Å². The molecule has 126 valence electrons. The standard InChI is InChI=1S/C19H21NO4/c1-2-24-17-10-6-4-8-15(17)13-20-18(21)12-11-14-7-3-5-9-16(14)19(22)23/h3-10H,2,11-13H2,1H3,(H,20,21)(H,22,23). The number of carbonyl (C=O) groups is 2. The summed E-state index contributed by atoms with van der Waals surface area (Å²) in [5.74, 6) is -0.338. The fraction of sp³-hybridized carbons (Fsp3) is 0.263. The lowest BCUT2D eigenvalue weighted by Gasteiger charge is -2.11. The van der Waals surface area contributed by atoms with Crippen LogP contribution in [0.5, 0.6) is 5.75 Å². The summed E-state index contributed by atoms with van der Waals surface area (Å²) in [5.41, 5.74) is 1.82. The number of carboxylic acids is 1. The van der Waals surface area contributed by atoms with Crippen molar-refractivity contribution in [3.63, 3.8) is 0 Å². The van der Waals surface area contributed by atoms with Gasteiger partial charge in [0, 0.05) is 18.5 Å². The maximum Gasteiger partial charge on any atom is 0.335 e. The highest BCUT2D eigenvalue weighted by atomic mass is 16.5. The molecule has 0 heterocycles. The predicted octanol–water partition coefficient (Wildman–Crippen LogP) is 3.03. The summed E-state index contributed by atoms with van der Waals surface area (Å²) in [5, 5.41) is 12.0. The minimum Gasteiger partial charge on any atom is -0.494 e. The van der Waals surface area contributed by atoms with Crippen LogP contribution in [0.3, 0.4) is 0 Å². The summed E-state index contributed by atoms with van der Waals surface area (Å²) >= 11 is 0. The Morgan fingerprint density at radius 1 is 1.04 bits per heavy atom. The summed E-state index contributed by atoms with van der Waals surface area (Å²) < 4.78 is 5.52. The summed E-state index contributed by atoms with van der Waals surface area (Å²) in [6.45, 7) is 2.86. The van der Waals surface area contributed by atoms with E-state index in [1.165, 1.54) is 0 Å². The Morgan fingerprint density at radius 2 is 1.71 bits per heavy atom. The zero-order chi connectivity index (χ0) is 17.4. The van der Waals surface area contributed by atoms with Gasteiger partial charge in [-0.3, -0.25) is 4.79 Å². The SMILES string of the molecule is CCOc1ccccc1CNC(=O)CCc1ccccc1C(=O)O. The molecule has 0 aliphatic heterocycles. The van der Waals surface area contributed by atoms with Crippen molar-refractivity contribution in [2.45, 2.75) is 26.3 Å². The molecule has 0 saturated carbocycles. The van der Waals surface area contributed by atoms with Crippen LogP contribution in [-0.4, -0.2) is 23.6 Å². The fourth-order valence-electron chi connectivity index (χ4n) is 2.42. The number of hydrogen-bond acceptors (Lipinski definition) is 3. The van der Waals surface area contributed by atoms with E-state index in [-0.39, 0.29) is 17.9 Å². The number of hydrogen-bond donors (Lipinski definition) is 2. The lowest BCUT2D eigenvalue weighted by Crippen LogP contribution is -2.23. The fourth-order valence-corrected chi connectivity index (χ4v) is 2.42. The van der Waals surface area contributed by atoms with Crippen LogP contribution in [0, 0.1) is 0 Å². The highest BCUT2D eigenvalue weighted by Crippen LogP contribution is 2.17. The summed E-state index contributed by atoms with van der Waals surface area (Å²) in [6.07, 6.45) is 0.627. The Labute approximate surface area is 141 Å². The van der Waals surface area contributed by atoms with Gasteiger partial charge in [-0.2, -0.15) is 0 Å². The average molecular weight is 327 g/mol. The van der Waals surface area contributed by atoms with Crippen molar-refractivity contribution in [3.8, 4) is 5.75 Å². The topological polar surface area (TPSA) is 75.6 Å². The van der Waals surface area contributed by atoms with Crippen LogP contribution in [0.2, 0.25) is 0 Å². The number of benzene rings is 2. The normalized spacial score (nSPS) is 10.2. The van der Waals surface area contributed by atoms with Gasteiger partial charge in [-0.25, -0.2) is 4.79 Å². The van der Waals surface area contributed by atoms with E-state index >= 15 is 0 Å². The van der Waals surface area contributed by atoms with Crippen LogP contribution in [-0.2, 0) is 17.8 Å². The number of amides is 1. The molecule has 0 spiro atoms. The van der Waals surface area contributed by atoms with E-state index in [9.17, 15) is 9.59 Å². The highest BCUT2D eigenvalue weighted by Gasteiger charge is 2.11. The molecule has 5 nitrogen and oxygen atoms in total. The van der Waals surface area contributed by atoms with Crippen molar-refractivity contribution in [1.29, 1.82) is 0 Å². The number of ether oxygens (including phenoxy) is 1. The zero-order valence-electron chi connectivity index (χ0n) is 13.6. The molecule has 0 aliphatic carbocycles. The molecule has 2 aromatic carbocycles. The van der Waals surface area contributed by atoms with Crippen molar-refractivity contribution in [1.82, 2.24) is 5.32 Å². The van der Waals surface area contributed by atoms with Gasteiger partial charge in [0.1, 0.15) is 5.75 Å². The minimum absolute atomic E-state index is 0.124. The molecule has 0 saturated heterocycles. The number of nitrogens with one attached hydrogen (secondary N) is 1. The number of rotatable bonds is 8. The van der Waals surface area contributed by atoms with Crippen molar-refractivity contribution in [3.05, 3.63) is 65.2 Å². The first-order valence-electron chi connectivity index (χ1n) is 7.90. The van der Waals surface area contributed by atoms with Gasteiger partial charge < -0.3 is 15.2 Å². The first-order valence-corrected chi connectivity index (χ1v) is 7.90. The molecule has 1 amide bonds. The molecule has 0 unspecified atom stereocenters. The predicted molar refractivity (Wildman–Crippen MR) is 91.2 cm³/mol. The largest absolute Gasteiger partial charge is 0.494 e. The molecule has 5 heteroatoms. The van der Waals surface area contributed by atoms with Crippen molar-refractivity contribution < 1.29 is 19.4 Å². The monoisotopic (exact) mass is 327 g/mol. The van der Waals surface area contributed by atoms with E-state index < -0.39 is 5.97 Å². The van der Waals surface area contributed by atoms with E-state index in [4.69, 9.17) is 9.84 Å². The van der Waals surface area contributed by atoms with Crippen LogP contribution in [0.15, 0.2) is 48.5 Å². The highest BCUT2D eigenvalue weighted by molar-refractivity contribution is 5.89. The molecule has 0 aromatic heterocycles. The van der Waals surface area contributed by atoms with Gasteiger partial charge in [0.05, 0.1) is 12.2 Å². The smallest absolute Gasteiger partial charge is 0.335 e.